The van der Waals surface area contributed by atoms with Gasteiger partial charge in [-0.2, -0.15) is 17.0 Å². The van der Waals surface area contributed by atoms with Gasteiger partial charge in [-0.3, -0.25) is 0 Å². The van der Waals surface area contributed by atoms with Gasteiger partial charge in [0, 0.05) is 45.1 Å². The summed E-state index contributed by atoms with van der Waals surface area (Å²) in [6.45, 7) is 6.43. The predicted molar refractivity (Wildman–Crippen MR) is 89.9 cm³/mol. The molecule has 23 heavy (non-hydrogen) atoms. The van der Waals surface area contributed by atoms with Crippen molar-refractivity contribution in [2.75, 3.05) is 45.9 Å². The average molecular weight is 370 g/mol. The van der Waals surface area contributed by atoms with Crippen molar-refractivity contribution in [2.24, 2.45) is 0 Å². The summed E-state index contributed by atoms with van der Waals surface area (Å²) < 4.78 is 40.7. The van der Waals surface area contributed by atoms with Gasteiger partial charge in [0.15, 0.2) is 5.79 Å². The summed E-state index contributed by atoms with van der Waals surface area (Å²) in [5, 5.41) is 3.26. The fraction of sp³-hybridized carbons (Fsp3) is 1.00. The molecule has 1 atom stereocenters. The first kappa shape index (κ1) is 19.4. The molecular formula is C14H28ClN3O4S. The Labute approximate surface area is 145 Å². The minimum atomic E-state index is -3.40. The number of rotatable bonds is 5. The van der Waals surface area contributed by atoms with Gasteiger partial charge in [0.2, 0.25) is 0 Å². The summed E-state index contributed by atoms with van der Waals surface area (Å²) in [5.74, 6) is -0.531. The van der Waals surface area contributed by atoms with Crippen LogP contribution in [0.2, 0.25) is 0 Å². The van der Waals surface area contributed by atoms with Crippen molar-refractivity contribution in [3.63, 3.8) is 0 Å². The molecule has 136 valence electrons. The molecule has 0 aliphatic carbocycles. The normalized spacial score (nSPS) is 28.3. The number of hydrogen-bond acceptors (Lipinski definition) is 5. The topological polar surface area (TPSA) is 71.1 Å². The van der Waals surface area contributed by atoms with E-state index in [-0.39, 0.29) is 18.4 Å². The quantitative estimate of drug-likeness (QED) is 0.767. The Balaban J connectivity index is 0.00000192. The zero-order valence-corrected chi connectivity index (χ0v) is 15.3. The lowest BCUT2D eigenvalue weighted by molar-refractivity contribution is -0.179. The Hall–Kier alpha value is 0.0400. The van der Waals surface area contributed by atoms with Crippen LogP contribution in [0.25, 0.3) is 0 Å². The first-order valence-corrected chi connectivity index (χ1v) is 9.73. The molecule has 0 amide bonds. The highest BCUT2D eigenvalue weighted by atomic mass is 35.5. The second kappa shape index (κ2) is 7.95. The number of halogens is 1. The highest BCUT2D eigenvalue weighted by Crippen LogP contribution is 2.33. The minimum absolute atomic E-state index is 0. The molecule has 1 unspecified atom stereocenters. The lowest BCUT2D eigenvalue weighted by Gasteiger charge is -2.40. The van der Waals surface area contributed by atoms with Crippen LogP contribution in [0.1, 0.15) is 32.6 Å². The Morgan fingerprint density at radius 3 is 2.43 bits per heavy atom. The fourth-order valence-corrected chi connectivity index (χ4v) is 5.49. The standard InChI is InChI=1S/C14H27N3O4S.ClH/c1-2-7-17(13-3-6-15-12-13)22(18,19)16-8-4-14(5-9-16)20-10-11-21-14;/h13,15H,2-12H2,1H3;1H. The second-order valence-electron chi connectivity index (χ2n) is 6.27. The van der Waals surface area contributed by atoms with Crippen LogP contribution >= 0.6 is 12.4 Å². The summed E-state index contributed by atoms with van der Waals surface area (Å²) in [7, 11) is -3.40. The van der Waals surface area contributed by atoms with E-state index < -0.39 is 16.0 Å². The van der Waals surface area contributed by atoms with Crippen LogP contribution in [0.3, 0.4) is 0 Å². The Bertz CT molecular complexity index is 468. The van der Waals surface area contributed by atoms with Crippen LogP contribution in [-0.4, -0.2) is 74.8 Å². The molecule has 0 bridgehead atoms. The molecule has 3 saturated heterocycles. The van der Waals surface area contributed by atoms with Crippen LogP contribution in [0.4, 0.5) is 0 Å². The zero-order valence-electron chi connectivity index (χ0n) is 13.7. The van der Waals surface area contributed by atoms with Crippen molar-refractivity contribution >= 4 is 22.6 Å². The molecule has 3 rings (SSSR count). The SMILES string of the molecule is CCCN(C1CCNC1)S(=O)(=O)N1CCC2(CC1)OCCO2.Cl. The summed E-state index contributed by atoms with van der Waals surface area (Å²) in [4.78, 5) is 0. The Kier molecular flexibility index (Phi) is 6.69. The highest BCUT2D eigenvalue weighted by molar-refractivity contribution is 7.86. The van der Waals surface area contributed by atoms with Gasteiger partial charge in [-0.05, 0) is 19.4 Å². The molecule has 0 aromatic rings. The van der Waals surface area contributed by atoms with E-state index in [9.17, 15) is 8.42 Å². The van der Waals surface area contributed by atoms with Gasteiger partial charge in [0.25, 0.3) is 10.2 Å². The van der Waals surface area contributed by atoms with Crippen molar-refractivity contribution in [3.05, 3.63) is 0 Å². The van der Waals surface area contributed by atoms with Crippen molar-refractivity contribution in [1.29, 1.82) is 0 Å². The van der Waals surface area contributed by atoms with Gasteiger partial charge in [0.05, 0.1) is 13.2 Å². The maximum Gasteiger partial charge on any atom is 0.282 e. The first-order valence-electron chi connectivity index (χ1n) is 8.33. The molecule has 0 saturated carbocycles. The van der Waals surface area contributed by atoms with E-state index in [1.54, 1.807) is 8.61 Å². The van der Waals surface area contributed by atoms with Crippen molar-refractivity contribution < 1.29 is 17.9 Å². The van der Waals surface area contributed by atoms with E-state index in [0.717, 1.165) is 25.9 Å². The highest BCUT2D eigenvalue weighted by Gasteiger charge is 2.44. The van der Waals surface area contributed by atoms with E-state index >= 15 is 0 Å². The lowest BCUT2D eigenvalue weighted by atomic mass is 10.1. The summed E-state index contributed by atoms with van der Waals surface area (Å²) >= 11 is 0. The van der Waals surface area contributed by atoms with Gasteiger partial charge in [-0.1, -0.05) is 6.92 Å². The van der Waals surface area contributed by atoms with Gasteiger partial charge >= 0.3 is 0 Å². The lowest BCUT2D eigenvalue weighted by Crippen LogP contribution is -2.54. The summed E-state index contributed by atoms with van der Waals surface area (Å²) in [5.41, 5.74) is 0. The largest absolute Gasteiger partial charge is 0.347 e. The zero-order chi connectivity index (χ0) is 15.6. The summed E-state index contributed by atoms with van der Waals surface area (Å²) in [6.07, 6.45) is 2.97. The average Bonchev–Trinajstić information content (AvgIpc) is 3.17. The predicted octanol–water partition coefficient (Wildman–Crippen LogP) is 0.566. The third-order valence-electron chi connectivity index (χ3n) is 4.81. The van der Waals surface area contributed by atoms with Crippen LogP contribution in [0, 0.1) is 0 Å². The molecule has 7 nitrogen and oxygen atoms in total. The van der Waals surface area contributed by atoms with Crippen molar-refractivity contribution in [2.45, 2.75) is 44.4 Å². The molecule has 0 aromatic heterocycles. The van der Waals surface area contributed by atoms with Crippen LogP contribution in [-0.2, 0) is 19.7 Å². The molecule has 3 fully saturated rings. The number of nitrogens with zero attached hydrogens (tertiary/aromatic N) is 2. The minimum Gasteiger partial charge on any atom is -0.347 e. The first-order chi connectivity index (χ1) is 10.6. The molecular weight excluding hydrogens is 342 g/mol. The fourth-order valence-electron chi connectivity index (χ4n) is 3.58. The second-order valence-corrected chi connectivity index (χ2v) is 8.15. The Morgan fingerprint density at radius 1 is 1.26 bits per heavy atom. The Morgan fingerprint density at radius 2 is 1.91 bits per heavy atom. The molecule has 9 heteroatoms. The molecule has 3 aliphatic heterocycles. The van der Waals surface area contributed by atoms with Crippen LogP contribution in [0.15, 0.2) is 0 Å². The van der Waals surface area contributed by atoms with E-state index in [1.165, 1.54) is 0 Å². The summed E-state index contributed by atoms with van der Waals surface area (Å²) in [6, 6.07) is 0.0832. The van der Waals surface area contributed by atoms with Gasteiger partial charge in [-0.25, -0.2) is 0 Å². The maximum absolute atomic E-state index is 13.0. The number of nitrogens with one attached hydrogen (secondary N) is 1. The van der Waals surface area contributed by atoms with E-state index in [2.05, 4.69) is 5.32 Å². The van der Waals surface area contributed by atoms with E-state index in [0.29, 0.717) is 45.7 Å². The third kappa shape index (κ3) is 4.00. The molecule has 0 radical (unpaired) electrons. The van der Waals surface area contributed by atoms with Crippen LogP contribution in [0.5, 0.6) is 0 Å². The van der Waals surface area contributed by atoms with Gasteiger partial charge in [-0.15, -0.1) is 12.4 Å². The maximum atomic E-state index is 13.0. The van der Waals surface area contributed by atoms with Gasteiger partial charge in [0.1, 0.15) is 0 Å². The number of ether oxygens (including phenoxy) is 2. The monoisotopic (exact) mass is 369 g/mol. The molecule has 1 spiro atoms. The van der Waals surface area contributed by atoms with E-state index in [4.69, 9.17) is 9.47 Å². The molecule has 0 aromatic carbocycles. The van der Waals surface area contributed by atoms with Crippen LogP contribution < -0.4 is 5.32 Å². The molecule has 1 N–H and O–H groups in total. The van der Waals surface area contributed by atoms with Crippen molar-refractivity contribution in [3.8, 4) is 0 Å². The van der Waals surface area contributed by atoms with E-state index in [1.807, 2.05) is 6.92 Å². The molecule has 3 heterocycles. The molecule has 3 aliphatic rings. The number of hydrogen-bond donors (Lipinski definition) is 1. The number of piperidine rings is 1. The third-order valence-corrected chi connectivity index (χ3v) is 6.90. The van der Waals surface area contributed by atoms with Crippen molar-refractivity contribution in [1.82, 2.24) is 13.9 Å². The van der Waals surface area contributed by atoms with Gasteiger partial charge < -0.3 is 14.8 Å². The smallest absolute Gasteiger partial charge is 0.282 e.